The number of ether oxygens (including phenoxy) is 1. The van der Waals surface area contributed by atoms with Crippen LogP contribution >= 0.6 is 0 Å². The van der Waals surface area contributed by atoms with Crippen LogP contribution in [0.3, 0.4) is 0 Å². The fraction of sp³-hybridized carbons (Fsp3) is 0.172. The number of halogens is 1. The highest BCUT2D eigenvalue weighted by atomic mass is 35.5. The van der Waals surface area contributed by atoms with Gasteiger partial charge in [-0.2, -0.15) is 0 Å². The molecule has 4 aromatic carbocycles. The standard InChI is InChI=1S/C29H27N4O2.ClH/c1-4-33(5-2)23-17-27-29(32-21-11-7-9-13-25(21)35-27)28(18(23)3)30-19-14-15-22-26(16-19)34-24-12-8-6-10-20(24)31-22;/h6-17,30-31H,4-5H2,1-3H3;1H/q+1;/p-1. The number of hydrogen-bond donors (Lipinski definition) is 2. The lowest BCUT2D eigenvalue weighted by atomic mass is 10.1. The van der Waals surface area contributed by atoms with Gasteiger partial charge in [-0.3, -0.25) is 0 Å². The molecule has 2 heterocycles. The van der Waals surface area contributed by atoms with Gasteiger partial charge in [0.1, 0.15) is 0 Å². The van der Waals surface area contributed by atoms with E-state index in [-0.39, 0.29) is 12.4 Å². The van der Waals surface area contributed by atoms with E-state index in [2.05, 4.69) is 48.4 Å². The van der Waals surface area contributed by atoms with Gasteiger partial charge in [-0.25, -0.2) is 9.40 Å². The van der Waals surface area contributed by atoms with E-state index in [9.17, 15) is 0 Å². The molecule has 0 radical (unpaired) electrons. The number of benzene rings is 4. The van der Waals surface area contributed by atoms with E-state index in [0.29, 0.717) is 0 Å². The molecule has 36 heavy (non-hydrogen) atoms. The lowest BCUT2D eigenvalue weighted by Crippen LogP contribution is -3.00. The zero-order valence-electron chi connectivity index (χ0n) is 20.4. The average Bonchev–Trinajstić information content (AvgIpc) is 2.89. The molecular weight excluding hydrogens is 472 g/mol. The second-order valence-electron chi connectivity index (χ2n) is 8.66. The molecule has 7 heteroatoms. The summed E-state index contributed by atoms with van der Waals surface area (Å²) in [4.78, 5) is 7.32. The van der Waals surface area contributed by atoms with Crippen molar-refractivity contribution in [3.63, 3.8) is 0 Å². The first-order chi connectivity index (χ1) is 17.1. The molecule has 6 nitrogen and oxygen atoms in total. The molecule has 0 saturated heterocycles. The van der Waals surface area contributed by atoms with Crippen molar-refractivity contribution in [2.45, 2.75) is 20.8 Å². The summed E-state index contributed by atoms with van der Waals surface area (Å²) in [5.41, 5.74) is 9.17. The van der Waals surface area contributed by atoms with Gasteiger partial charge >= 0.3 is 11.2 Å². The maximum Gasteiger partial charge on any atom is 0.383 e. The number of anilines is 5. The normalized spacial score (nSPS) is 11.6. The molecule has 0 unspecified atom stereocenters. The predicted molar refractivity (Wildman–Crippen MR) is 144 cm³/mol. The maximum absolute atomic E-state index is 6.33. The molecular formula is C29H27ClN4O2. The predicted octanol–water partition coefficient (Wildman–Crippen LogP) is 5.01. The molecule has 5 aromatic rings. The summed E-state index contributed by atoms with van der Waals surface area (Å²) < 4.78 is 12.5. The topological polar surface area (TPSA) is 60.7 Å². The number of nitrogens with one attached hydrogen (secondary N) is 2. The van der Waals surface area contributed by atoms with E-state index in [0.717, 1.165) is 80.8 Å². The Bertz CT molecular complexity index is 1580. The van der Waals surface area contributed by atoms with Crippen molar-refractivity contribution in [1.82, 2.24) is 4.98 Å². The number of para-hydroxylation sites is 4. The van der Waals surface area contributed by atoms with Crippen LogP contribution in [0, 0.1) is 6.92 Å². The van der Waals surface area contributed by atoms with Gasteiger partial charge in [-0.15, -0.1) is 0 Å². The molecule has 182 valence electrons. The maximum atomic E-state index is 6.33. The van der Waals surface area contributed by atoms with Crippen molar-refractivity contribution < 1.29 is 21.6 Å². The summed E-state index contributed by atoms with van der Waals surface area (Å²) >= 11 is 0. The molecule has 0 aliphatic carbocycles. The van der Waals surface area contributed by atoms with E-state index in [1.807, 2.05) is 60.7 Å². The van der Waals surface area contributed by atoms with Crippen molar-refractivity contribution in [3.05, 3.63) is 78.4 Å². The van der Waals surface area contributed by atoms with Gasteiger partial charge in [0.15, 0.2) is 22.5 Å². The van der Waals surface area contributed by atoms with Gasteiger partial charge in [-0.05, 0) is 56.7 Å². The third-order valence-electron chi connectivity index (χ3n) is 6.55. The van der Waals surface area contributed by atoms with Crippen molar-refractivity contribution in [2.24, 2.45) is 0 Å². The Morgan fingerprint density at radius 1 is 0.889 bits per heavy atom. The minimum atomic E-state index is 0. The number of aromatic nitrogens is 1. The Labute approximate surface area is 216 Å². The Hall–Kier alpha value is -4.03. The second-order valence-corrected chi connectivity index (χ2v) is 8.66. The summed E-state index contributed by atoms with van der Waals surface area (Å²) in [6.45, 7) is 8.28. The number of hydrogen-bond acceptors (Lipinski definition) is 5. The zero-order chi connectivity index (χ0) is 23.9. The van der Waals surface area contributed by atoms with Crippen LogP contribution in [-0.4, -0.2) is 18.1 Å². The van der Waals surface area contributed by atoms with Crippen LogP contribution in [0.15, 0.2) is 77.2 Å². The van der Waals surface area contributed by atoms with Gasteiger partial charge in [0, 0.05) is 30.9 Å². The van der Waals surface area contributed by atoms with E-state index < -0.39 is 0 Å². The van der Waals surface area contributed by atoms with E-state index >= 15 is 0 Å². The molecule has 1 aromatic heterocycles. The van der Waals surface area contributed by atoms with Crippen molar-refractivity contribution in [3.8, 4) is 11.5 Å². The highest BCUT2D eigenvalue weighted by Crippen LogP contribution is 2.44. The highest BCUT2D eigenvalue weighted by molar-refractivity contribution is 5.98. The third-order valence-corrected chi connectivity index (χ3v) is 6.55. The molecule has 2 N–H and O–H groups in total. The first kappa shape index (κ1) is 23.7. The number of rotatable bonds is 5. The molecule has 0 fully saturated rings. The van der Waals surface area contributed by atoms with Crippen LogP contribution < -0.4 is 32.7 Å². The Morgan fingerprint density at radius 2 is 1.64 bits per heavy atom. The van der Waals surface area contributed by atoms with Crippen LogP contribution in [0.1, 0.15) is 19.4 Å². The summed E-state index contributed by atoms with van der Waals surface area (Å²) in [6, 6.07) is 24.0. The largest absolute Gasteiger partial charge is 1.00 e. The van der Waals surface area contributed by atoms with E-state index in [4.69, 9.17) is 14.1 Å². The Balaban J connectivity index is 0.00000267. The summed E-state index contributed by atoms with van der Waals surface area (Å²) in [5, 5.41) is 7.09. The average molecular weight is 499 g/mol. The van der Waals surface area contributed by atoms with Crippen LogP contribution in [0.4, 0.5) is 28.4 Å². The first-order valence-corrected chi connectivity index (χ1v) is 12.0. The Kier molecular flexibility index (Phi) is 6.29. The van der Waals surface area contributed by atoms with Crippen LogP contribution in [0.25, 0.3) is 22.2 Å². The number of nitrogens with zero attached hydrogens (tertiary/aromatic N) is 2. The lowest BCUT2D eigenvalue weighted by molar-refractivity contribution is -0.00000787. The summed E-state index contributed by atoms with van der Waals surface area (Å²) in [5.74, 6) is 1.59. The first-order valence-electron chi connectivity index (χ1n) is 12.0. The quantitative estimate of drug-likeness (QED) is 0.257. The fourth-order valence-electron chi connectivity index (χ4n) is 4.69. The van der Waals surface area contributed by atoms with E-state index in [1.54, 1.807) is 0 Å². The second kappa shape index (κ2) is 9.55. The van der Waals surface area contributed by atoms with Crippen molar-refractivity contribution in [2.75, 3.05) is 28.6 Å². The van der Waals surface area contributed by atoms with Crippen molar-refractivity contribution in [1.29, 1.82) is 0 Å². The van der Waals surface area contributed by atoms with Crippen LogP contribution in [0.2, 0.25) is 0 Å². The molecule has 0 bridgehead atoms. The summed E-state index contributed by atoms with van der Waals surface area (Å²) in [7, 11) is 0. The highest BCUT2D eigenvalue weighted by Gasteiger charge is 2.24. The lowest BCUT2D eigenvalue weighted by Gasteiger charge is -2.25. The van der Waals surface area contributed by atoms with Crippen LogP contribution in [-0.2, 0) is 0 Å². The van der Waals surface area contributed by atoms with Crippen LogP contribution in [0.5, 0.6) is 11.5 Å². The third kappa shape index (κ3) is 4.03. The van der Waals surface area contributed by atoms with Gasteiger partial charge in [0.2, 0.25) is 0 Å². The summed E-state index contributed by atoms with van der Waals surface area (Å²) in [6.07, 6.45) is 0. The molecule has 0 saturated carbocycles. The molecule has 1 aliphatic rings. The fourth-order valence-corrected chi connectivity index (χ4v) is 4.69. The smallest absolute Gasteiger partial charge is 0.383 e. The SMILES string of the molecule is CCN(CC)c1cc2[o+]c3ccccc3nc2c(Nc2ccc3c(c2)Oc2ccccc2N3)c1C.[Cl-]. The molecule has 1 aliphatic heterocycles. The Morgan fingerprint density at radius 3 is 2.47 bits per heavy atom. The molecule has 0 amide bonds. The van der Waals surface area contributed by atoms with E-state index in [1.165, 1.54) is 0 Å². The monoisotopic (exact) mass is 498 g/mol. The minimum Gasteiger partial charge on any atom is -1.00 e. The van der Waals surface area contributed by atoms with Gasteiger partial charge in [-0.1, -0.05) is 24.3 Å². The van der Waals surface area contributed by atoms with Crippen molar-refractivity contribution >= 4 is 50.6 Å². The van der Waals surface area contributed by atoms with Gasteiger partial charge in [0.05, 0.1) is 28.8 Å². The minimum absolute atomic E-state index is 0. The van der Waals surface area contributed by atoms with Gasteiger partial charge in [0.25, 0.3) is 0 Å². The molecule has 0 atom stereocenters. The number of fused-ring (bicyclic) bond motifs is 4. The molecule has 6 rings (SSSR count). The molecule has 0 spiro atoms. The van der Waals surface area contributed by atoms with Gasteiger partial charge < -0.3 is 32.7 Å². The zero-order valence-corrected chi connectivity index (χ0v) is 21.2.